The highest BCUT2D eigenvalue weighted by Crippen LogP contribution is 2.27. The van der Waals surface area contributed by atoms with Crippen LogP contribution in [0.2, 0.25) is 0 Å². The summed E-state index contributed by atoms with van der Waals surface area (Å²) in [5.41, 5.74) is 1.69. The van der Waals surface area contributed by atoms with Crippen molar-refractivity contribution in [2.45, 2.75) is 31.6 Å². The molecule has 5 nitrogen and oxygen atoms in total. The first-order valence-electron chi connectivity index (χ1n) is 8.33. The van der Waals surface area contributed by atoms with Gasteiger partial charge in [0.1, 0.15) is 0 Å². The Morgan fingerprint density at radius 1 is 1.32 bits per heavy atom. The molecule has 0 radical (unpaired) electrons. The molecule has 1 amide bonds. The lowest BCUT2D eigenvalue weighted by atomic mass is 10.0. The van der Waals surface area contributed by atoms with Gasteiger partial charge in [-0.15, -0.1) is 11.3 Å². The van der Waals surface area contributed by atoms with Gasteiger partial charge in [-0.25, -0.2) is 8.42 Å². The van der Waals surface area contributed by atoms with Crippen LogP contribution < -0.4 is 5.32 Å². The van der Waals surface area contributed by atoms with Gasteiger partial charge in [-0.1, -0.05) is 25.1 Å². The Kier molecular flexibility index (Phi) is 5.27. The van der Waals surface area contributed by atoms with Crippen LogP contribution in [0.5, 0.6) is 0 Å². The third-order valence-corrected chi connectivity index (χ3v) is 7.37. The summed E-state index contributed by atoms with van der Waals surface area (Å²) in [7, 11) is -3.52. The number of sulfonamides is 1. The number of thiophene rings is 1. The summed E-state index contributed by atoms with van der Waals surface area (Å²) in [6.45, 7) is 5.07. The molecule has 0 aliphatic carbocycles. The molecule has 0 unspecified atom stereocenters. The molecule has 2 aromatic rings. The van der Waals surface area contributed by atoms with Gasteiger partial charge >= 0.3 is 0 Å². The normalized spacial score (nSPS) is 18.9. The standard InChI is InChI=1S/C18H22N2O3S2/c1-13-6-5-9-20(11-13)25(22,23)15-10-17(24-12-15)18(21)19-16-8-4-3-7-14(16)2/h3-4,7-8,10,12-13H,5-6,9,11H2,1-2H3,(H,19,21)/t13-/m0/s1. The highest BCUT2D eigenvalue weighted by atomic mass is 32.2. The zero-order valence-corrected chi connectivity index (χ0v) is 16.0. The van der Waals surface area contributed by atoms with Gasteiger partial charge < -0.3 is 5.32 Å². The number of rotatable bonds is 4. The lowest BCUT2D eigenvalue weighted by Gasteiger charge is -2.29. The predicted molar refractivity (Wildman–Crippen MR) is 101 cm³/mol. The first-order chi connectivity index (χ1) is 11.9. The summed E-state index contributed by atoms with van der Waals surface area (Å²) >= 11 is 1.16. The van der Waals surface area contributed by atoms with Crippen LogP contribution in [0.1, 0.15) is 35.0 Å². The molecular weight excluding hydrogens is 356 g/mol. The smallest absolute Gasteiger partial charge is 0.265 e. The number of para-hydroxylation sites is 1. The zero-order valence-electron chi connectivity index (χ0n) is 14.4. The van der Waals surface area contributed by atoms with Crippen LogP contribution in [0.3, 0.4) is 0 Å². The maximum absolute atomic E-state index is 12.8. The van der Waals surface area contributed by atoms with E-state index in [2.05, 4.69) is 12.2 Å². The first-order valence-corrected chi connectivity index (χ1v) is 10.7. The third kappa shape index (κ3) is 3.94. The van der Waals surface area contributed by atoms with Gasteiger partial charge in [0, 0.05) is 24.2 Å². The second-order valence-corrected chi connectivity index (χ2v) is 9.38. The predicted octanol–water partition coefficient (Wildman–Crippen LogP) is 3.73. The van der Waals surface area contributed by atoms with Gasteiger partial charge in [0.15, 0.2) is 0 Å². The quantitative estimate of drug-likeness (QED) is 0.881. The topological polar surface area (TPSA) is 66.5 Å². The molecule has 1 aromatic carbocycles. The van der Waals surface area contributed by atoms with E-state index < -0.39 is 10.0 Å². The van der Waals surface area contributed by atoms with E-state index in [0.717, 1.165) is 35.4 Å². The SMILES string of the molecule is Cc1ccccc1NC(=O)c1cc(S(=O)(=O)N2CCC[C@H](C)C2)cs1. The van der Waals surface area contributed by atoms with Crippen LogP contribution in [0.15, 0.2) is 40.6 Å². The van der Waals surface area contributed by atoms with Crippen molar-refractivity contribution in [2.75, 3.05) is 18.4 Å². The fourth-order valence-corrected chi connectivity index (χ4v) is 5.74. The molecule has 1 atom stereocenters. The molecule has 2 heterocycles. The second kappa shape index (κ2) is 7.27. The van der Waals surface area contributed by atoms with Crippen molar-refractivity contribution in [3.63, 3.8) is 0 Å². The largest absolute Gasteiger partial charge is 0.321 e. The highest BCUT2D eigenvalue weighted by Gasteiger charge is 2.30. The summed E-state index contributed by atoms with van der Waals surface area (Å²) in [6.07, 6.45) is 1.94. The minimum absolute atomic E-state index is 0.210. The molecular formula is C18H22N2O3S2. The molecule has 0 spiro atoms. The van der Waals surface area contributed by atoms with E-state index in [1.807, 2.05) is 31.2 Å². The van der Waals surface area contributed by atoms with Crippen LogP contribution >= 0.6 is 11.3 Å². The average molecular weight is 379 g/mol. The van der Waals surface area contributed by atoms with Crippen LogP contribution in [-0.4, -0.2) is 31.7 Å². The molecule has 0 bridgehead atoms. The number of benzene rings is 1. The summed E-state index contributed by atoms with van der Waals surface area (Å²) < 4.78 is 27.1. The Balaban J connectivity index is 1.77. The molecule has 1 aromatic heterocycles. The number of nitrogens with zero attached hydrogens (tertiary/aromatic N) is 1. The van der Waals surface area contributed by atoms with Crippen molar-refractivity contribution in [1.82, 2.24) is 4.31 Å². The summed E-state index contributed by atoms with van der Waals surface area (Å²) in [5.74, 6) is 0.0822. The number of amides is 1. The van der Waals surface area contributed by atoms with E-state index in [1.165, 1.54) is 10.4 Å². The van der Waals surface area contributed by atoms with Gasteiger partial charge in [-0.3, -0.25) is 4.79 Å². The Morgan fingerprint density at radius 3 is 2.80 bits per heavy atom. The minimum atomic E-state index is -3.52. The summed E-state index contributed by atoms with van der Waals surface area (Å²) in [5, 5.41) is 4.40. The minimum Gasteiger partial charge on any atom is -0.321 e. The Hall–Kier alpha value is -1.70. The van der Waals surface area contributed by atoms with Gasteiger partial charge in [-0.05, 0) is 43.4 Å². The second-order valence-electron chi connectivity index (χ2n) is 6.53. The summed E-state index contributed by atoms with van der Waals surface area (Å²) in [4.78, 5) is 13.0. The number of piperidine rings is 1. The molecule has 7 heteroatoms. The van der Waals surface area contributed by atoms with Crippen molar-refractivity contribution < 1.29 is 13.2 Å². The highest BCUT2D eigenvalue weighted by molar-refractivity contribution is 7.89. The van der Waals surface area contributed by atoms with Gasteiger partial charge in [0.2, 0.25) is 10.0 Å². The van der Waals surface area contributed by atoms with E-state index in [1.54, 1.807) is 5.38 Å². The molecule has 1 saturated heterocycles. The van der Waals surface area contributed by atoms with E-state index >= 15 is 0 Å². The van der Waals surface area contributed by atoms with Crippen LogP contribution in [-0.2, 0) is 10.0 Å². The Morgan fingerprint density at radius 2 is 2.08 bits per heavy atom. The number of hydrogen-bond donors (Lipinski definition) is 1. The molecule has 3 rings (SSSR count). The van der Waals surface area contributed by atoms with Crippen LogP contribution in [0.4, 0.5) is 5.69 Å². The Bertz CT molecular complexity index is 874. The molecule has 1 aliphatic heterocycles. The molecule has 1 fully saturated rings. The van der Waals surface area contributed by atoms with Gasteiger partial charge in [-0.2, -0.15) is 4.31 Å². The maximum atomic E-state index is 12.8. The number of hydrogen-bond acceptors (Lipinski definition) is 4. The third-order valence-electron chi connectivity index (χ3n) is 4.45. The number of aryl methyl sites for hydroxylation is 1. The zero-order chi connectivity index (χ0) is 18.0. The molecule has 1 N–H and O–H groups in total. The van der Waals surface area contributed by atoms with E-state index in [-0.39, 0.29) is 10.8 Å². The number of anilines is 1. The first kappa shape index (κ1) is 18.1. The van der Waals surface area contributed by atoms with Gasteiger partial charge in [0.05, 0.1) is 9.77 Å². The average Bonchev–Trinajstić information content (AvgIpc) is 3.08. The molecule has 25 heavy (non-hydrogen) atoms. The Labute approximate surface area is 152 Å². The lowest BCUT2D eigenvalue weighted by molar-refractivity contribution is 0.103. The van der Waals surface area contributed by atoms with E-state index in [4.69, 9.17) is 0 Å². The van der Waals surface area contributed by atoms with Crippen molar-refractivity contribution in [3.8, 4) is 0 Å². The van der Waals surface area contributed by atoms with Crippen molar-refractivity contribution >= 4 is 33.0 Å². The molecule has 0 saturated carbocycles. The number of carbonyl (C=O) groups excluding carboxylic acids is 1. The fourth-order valence-electron chi connectivity index (χ4n) is 2.98. The van der Waals surface area contributed by atoms with Crippen LogP contribution in [0.25, 0.3) is 0 Å². The number of nitrogens with one attached hydrogen (secondary N) is 1. The molecule has 134 valence electrons. The van der Waals surface area contributed by atoms with E-state index in [0.29, 0.717) is 23.9 Å². The van der Waals surface area contributed by atoms with Crippen molar-refractivity contribution in [2.24, 2.45) is 5.92 Å². The lowest BCUT2D eigenvalue weighted by Crippen LogP contribution is -2.38. The van der Waals surface area contributed by atoms with Gasteiger partial charge in [0.25, 0.3) is 5.91 Å². The summed E-state index contributed by atoms with van der Waals surface area (Å²) in [6, 6.07) is 8.98. The van der Waals surface area contributed by atoms with Crippen molar-refractivity contribution in [3.05, 3.63) is 46.2 Å². The van der Waals surface area contributed by atoms with Crippen molar-refractivity contribution in [1.29, 1.82) is 0 Å². The fraction of sp³-hybridized carbons (Fsp3) is 0.389. The van der Waals surface area contributed by atoms with E-state index in [9.17, 15) is 13.2 Å². The molecule has 1 aliphatic rings. The number of carbonyl (C=O) groups is 1. The maximum Gasteiger partial charge on any atom is 0.265 e. The van der Waals surface area contributed by atoms with Crippen LogP contribution in [0, 0.1) is 12.8 Å². The monoisotopic (exact) mass is 378 g/mol.